The predicted octanol–water partition coefficient (Wildman–Crippen LogP) is 3.49. The van der Waals surface area contributed by atoms with E-state index < -0.39 is 5.41 Å². The summed E-state index contributed by atoms with van der Waals surface area (Å²) in [6.07, 6.45) is 1.38. The van der Waals surface area contributed by atoms with Crippen molar-refractivity contribution >= 4 is 17.5 Å². The highest BCUT2D eigenvalue weighted by Crippen LogP contribution is 2.35. The first kappa shape index (κ1) is 19.1. The second-order valence-corrected chi connectivity index (χ2v) is 7.61. The van der Waals surface area contributed by atoms with E-state index in [-0.39, 0.29) is 23.7 Å². The molecule has 0 aliphatic carbocycles. The maximum Gasteiger partial charge on any atom is 0.242 e. The molecule has 142 valence electrons. The largest absolute Gasteiger partial charge is 0.355 e. The Morgan fingerprint density at radius 1 is 1.15 bits per heavy atom. The SMILES string of the molecule is CC1Cc2ccccc2N1C(=O)C(C)(C)C(=O)NCCc1ccc(F)cc1. The van der Waals surface area contributed by atoms with Crippen LogP contribution in [0.15, 0.2) is 48.5 Å². The summed E-state index contributed by atoms with van der Waals surface area (Å²) in [4.78, 5) is 27.6. The first-order chi connectivity index (χ1) is 12.8. The van der Waals surface area contributed by atoms with Crippen LogP contribution in [-0.4, -0.2) is 24.4 Å². The highest BCUT2D eigenvalue weighted by atomic mass is 19.1. The average Bonchev–Trinajstić information content (AvgIpc) is 2.98. The number of fused-ring (bicyclic) bond motifs is 1. The van der Waals surface area contributed by atoms with Crippen molar-refractivity contribution in [1.82, 2.24) is 5.32 Å². The minimum Gasteiger partial charge on any atom is -0.355 e. The minimum atomic E-state index is -1.17. The van der Waals surface area contributed by atoms with E-state index in [1.165, 1.54) is 12.1 Å². The van der Waals surface area contributed by atoms with Crippen LogP contribution >= 0.6 is 0 Å². The standard InChI is InChI=1S/C22H25FN2O2/c1-15-14-17-6-4-5-7-19(17)25(15)21(27)22(2,3)20(26)24-13-12-16-8-10-18(23)11-9-16/h4-11,15H,12-14H2,1-3H3,(H,24,26). The van der Waals surface area contributed by atoms with Gasteiger partial charge in [-0.3, -0.25) is 9.59 Å². The van der Waals surface area contributed by atoms with Crippen molar-refractivity contribution in [1.29, 1.82) is 0 Å². The minimum absolute atomic E-state index is 0.0289. The Hall–Kier alpha value is -2.69. The summed E-state index contributed by atoms with van der Waals surface area (Å²) in [6.45, 7) is 5.72. The van der Waals surface area contributed by atoms with Gasteiger partial charge in [0, 0.05) is 18.3 Å². The maximum atomic E-state index is 13.2. The Morgan fingerprint density at radius 3 is 2.52 bits per heavy atom. The fraction of sp³-hybridized carbons (Fsp3) is 0.364. The fourth-order valence-electron chi connectivity index (χ4n) is 3.47. The summed E-state index contributed by atoms with van der Waals surface area (Å²) in [5.74, 6) is -0.778. The van der Waals surface area contributed by atoms with Crippen LogP contribution in [0.4, 0.5) is 10.1 Å². The van der Waals surface area contributed by atoms with Crippen LogP contribution in [0.5, 0.6) is 0 Å². The molecule has 27 heavy (non-hydrogen) atoms. The molecule has 0 bridgehead atoms. The first-order valence-electron chi connectivity index (χ1n) is 9.25. The Kier molecular flexibility index (Phi) is 5.31. The quantitative estimate of drug-likeness (QED) is 0.822. The van der Waals surface area contributed by atoms with Crippen molar-refractivity contribution in [2.75, 3.05) is 11.4 Å². The molecule has 4 nitrogen and oxygen atoms in total. The van der Waals surface area contributed by atoms with E-state index in [2.05, 4.69) is 5.32 Å². The molecule has 1 aliphatic heterocycles. The summed E-state index contributed by atoms with van der Waals surface area (Å²) >= 11 is 0. The van der Waals surface area contributed by atoms with E-state index >= 15 is 0 Å². The molecule has 0 aromatic heterocycles. The molecule has 1 N–H and O–H groups in total. The number of carbonyl (C=O) groups is 2. The van der Waals surface area contributed by atoms with Gasteiger partial charge in [0.25, 0.3) is 0 Å². The number of para-hydroxylation sites is 1. The van der Waals surface area contributed by atoms with Gasteiger partial charge in [-0.05, 0) is 62.9 Å². The van der Waals surface area contributed by atoms with Crippen LogP contribution in [0.3, 0.4) is 0 Å². The third kappa shape index (κ3) is 3.87. The first-order valence-corrected chi connectivity index (χ1v) is 9.25. The summed E-state index contributed by atoms with van der Waals surface area (Å²) < 4.78 is 13.0. The van der Waals surface area contributed by atoms with Gasteiger partial charge in [0.05, 0.1) is 0 Å². The van der Waals surface area contributed by atoms with Crippen molar-refractivity contribution < 1.29 is 14.0 Å². The molecule has 3 rings (SSSR count). The zero-order chi connectivity index (χ0) is 19.6. The normalized spacial score (nSPS) is 16.1. The van der Waals surface area contributed by atoms with Crippen LogP contribution in [0.2, 0.25) is 0 Å². The molecule has 0 fully saturated rings. The molecular weight excluding hydrogens is 343 g/mol. The highest BCUT2D eigenvalue weighted by Gasteiger charge is 2.43. The van der Waals surface area contributed by atoms with Crippen LogP contribution in [0, 0.1) is 11.2 Å². The monoisotopic (exact) mass is 368 g/mol. The molecule has 2 aromatic carbocycles. The molecule has 1 aliphatic rings. The number of nitrogens with zero attached hydrogens (tertiary/aromatic N) is 1. The molecule has 0 spiro atoms. The van der Waals surface area contributed by atoms with Gasteiger partial charge in [-0.25, -0.2) is 4.39 Å². The Bertz CT molecular complexity index is 846. The lowest BCUT2D eigenvalue weighted by atomic mass is 9.89. The van der Waals surface area contributed by atoms with Crippen LogP contribution in [0.1, 0.15) is 31.9 Å². The van der Waals surface area contributed by atoms with Gasteiger partial charge in [0.15, 0.2) is 0 Å². The summed E-state index contributed by atoms with van der Waals surface area (Å²) in [5.41, 5.74) is 1.78. The molecule has 0 radical (unpaired) electrons. The van der Waals surface area contributed by atoms with Crippen LogP contribution < -0.4 is 10.2 Å². The lowest BCUT2D eigenvalue weighted by Crippen LogP contribution is -2.51. The molecule has 1 unspecified atom stereocenters. The fourth-order valence-corrected chi connectivity index (χ4v) is 3.47. The van der Waals surface area contributed by atoms with Crippen molar-refractivity contribution in [2.24, 2.45) is 5.41 Å². The van der Waals surface area contributed by atoms with E-state index in [1.54, 1.807) is 30.9 Å². The number of hydrogen-bond donors (Lipinski definition) is 1. The van der Waals surface area contributed by atoms with E-state index in [0.29, 0.717) is 13.0 Å². The van der Waals surface area contributed by atoms with E-state index in [9.17, 15) is 14.0 Å². The highest BCUT2D eigenvalue weighted by molar-refractivity contribution is 6.12. The lowest BCUT2D eigenvalue weighted by Gasteiger charge is -2.31. The third-order valence-corrected chi connectivity index (χ3v) is 5.14. The molecular formula is C22H25FN2O2. The van der Waals surface area contributed by atoms with Crippen LogP contribution in [-0.2, 0) is 22.4 Å². The lowest BCUT2D eigenvalue weighted by molar-refractivity contribution is -0.139. The Morgan fingerprint density at radius 2 is 1.81 bits per heavy atom. The van der Waals surface area contributed by atoms with Gasteiger partial charge >= 0.3 is 0 Å². The Balaban J connectivity index is 1.65. The van der Waals surface area contributed by atoms with Gasteiger partial charge in [0.2, 0.25) is 11.8 Å². The van der Waals surface area contributed by atoms with Crippen molar-refractivity contribution in [3.63, 3.8) is 0 Å². The van der Waals surface area contributed by atoms with E-state index in [1.807, 2.05) is 31.2 Å². The van der Waals surface area contributed by atoms with Gasteiger partial charge in [-0.1, -0.05) is 30.3 Å². The van der Waals surface area contributed by atoms with Crippen LogP contribution in [0.25, 0.3) is 0 Å². The van der Waals surface area contributed by atoms with Gasteiger partial charge in [-0.15, -0.1) is 0 Å². The smallest absolute Gasteiger partial charge is 0.242 e. The third-order valence-electron chi connectivity index (χ3n) is 5.14. The maximum absolute atomic E-state index is 13.2. The second kappa shape index (κ2) is 7.51. The summed E-state index contributed by atoms with van der Waals surface area (Å²) in [5, 5.41) is 2.85. The van der Waals surface area contributed by atoms with Gasteiger partial charge in [0.1, 0.15) is 11.2 Å². The number of carbonyl (C=O) groups excluding carboxylic acids is 2. The number of anilines is 1. The topological polar surface area (TPSA) is 49.4 Å². The second-order valence-electron chi connectivity index (χ2n) is 7.61. The number of amides is 2. The molecule has 1 heterocycles. The molecule has 0 saturated carbocycles. The van der Waals surface area contributed by atoms with E-state index in [0.717, 1.165) is 23.2 Å². The molecule has 2 amide bonds. The van der Waals surface area contributed by atoms with Crippen molar-refractivity contribution in [3.8, 4) is 0 Å². The zero-order valence-corrected chi connectivity index (χ0v) is 16.0. The molecule has 5 heteroatoms. The van der Waals surface area contributed by atoms with Crippen molar-refractivity contribution in [3.05, 3.63) is 65.5 Å². The zero-order valence-electron chi connectivity index (χ0n) is 16.0. The predicted molar refractivity (Wildman–Crippen MR) is 104 cm³/mol. The number of rotatable bonds is 5. The summed E-state index contributed by atoms with van der Waals surface area (Å²) in [7, 11) is 0. The Labute approximate surface area is 159 Å². The molecule has 0 saturated heterocycles. The number of benzene rings is 2. The van der Waals surface area contributed by atoms with Gasteiger partial charge in [-0.2, -0.15) is 0 Å². The number of nitrogens with one attached hydrogen (secondary N) is 1. The van der Waals surface area contributed by atoms with Gasteiger partial charge < -0.3 is 10.2 Å². The molecule has 1 atom stereocenters. The molecule has 2 aromatic rings. The van der Waals surface area contributed by atoms with E-state index in [4.69, 9.17) is 0 Å². The number of halogens is 1. The summed E-state index contributed by atoms with van der Waals surface area (Å²) in [6, 6.07) is 14.0. The average molecular weight is 368 g/mol. The van der Waals surface area contributed by atoms with Crippen molar-refractivity contribution in [2.45, 2.75) is 39.7 Å². The number of hydrogen-bond acceptors (Lipinski definition) is 2.